The molecule has 0 radical (unpaired) electrons. The number of benzene rings is 1. The zero-order valence-corrected chi connectivity index (χ0v) is 14.5. The number of ether oxygens (including phenoxy) is 1. The Morgan fingerprint density at radius 1 is 1.20 bits per heavy atom. The van der Waals surface area contributed by atoms with Crippen molar-refractivity contribution in [3.63, 3.8) is 0 Å². The van der Waals surface area contributed by atoms with Gasteiger partial charge >= 0.3 is 0 Å². The molecule has 0 amide bonds. The Morgan fingerprint density at radius 2 is 2.08 bits per heavy atom. The molecule has 1 atom stereocenters. The van der Waals surface area contributed by atoms with Crippen molar-refractivity contribution in [3.8, 4) is 11.3 Å². The Kier molecular flexibility index (Phi) is 3.88. The molecule has 0 saturated heterocycles. The molecule has 1 aliphatic heterocycles. The van der Waals surface area contributed by atoms with Gasteiger partial charge < -0.3 is 4.74 Å². The molecule has 1 aromatic carbocycles. The summed E-state index contributed by atoms with van der Waals surface area (Å²) in [7, 11) is 1.74. The molecule has 3 heterocycles. The number of fused-ring (bicyclic) bond motifs is 2. The van der Waals surface area contributed by atoms with Crippen LogP contribution in [0.1, 0.15) is 25.6 Å². The highest BCUT2D eigenvalue weighted by atomic mass is 16.5. The van der Waals surface area contributed by atoms with Gasteiger partial charge in [0.05, 0.1) is 22.2 Å². The minimum Gasteiger partial charge on any atom is -0.378 e. The normalized spacial score (nSPS) is 20.2. The van der Waals surface area contributed by atoms with E-state index in [1.54, 1.807) is 13.3 Å². The first-order valence-corrected chi connectivity index (χ1v) is 8.60. The van der Waals surface area contributed by atoms with Gasteiger partial charge in [-0.05, 0) is 44.0 Å². The topological polar surface area (TPSA) is 57.0 Å². The van der Waals surface area contributed by atoms with Gasteiger partial charge in [-0.3, -0.25) is 14.3 Å². The predicted octanol–water partition coefficient (Wildman–Crippen LogP) is 3.20. The van der Waals surface area contributed by atoms with E-state index in [9.17, 15) is 4.79 Å². The third-order valence-corrected chi connectivity index (χ3v) is 5.23. The highest BCUT2D eigenvalue weighted by Gasteiger charge is 2.28. The van der Waals surface area contributed by atoms with Crippen LogP contribution in [-0.4, -0.2) is 27.2 Å². The molecule has 1 unspecified atom stereocenters. The number of methoxy groups -OCH3 is 1. The van der Waals surface area contributed by atoms with Crippen molar-refractivity contribution in [2.75, 3.05) is 7.11 Å². The molecule has 5 nitrogen and oxygen atoms in total. The van der Waals surface area contributed by atoms with E-state index in [2.05, 4.69) is 11.9 Å². The number of aryl methyl sites for hydroxylation is 1. The highest BCUT2D eigenvalue weighted by Crippen LogP contribution is 2.27. The summed E-state index contributed by atoms with van der Waals surface area (Å²) in [6.07, 6.45) is 4.19. The van der Waals surface area contributed by atoms with Crippen LogP contribution in [0.4, 0.5) is 0 Å². The maximum Gasteiger partial charge on any atom is 0.261 e. The van der Waals surface area contributed by atoms with E-state index < -0.39 is 0 Å². The Labute approximate surface area is 146 Å². The number of nitrogens with zero attached hydrogens (tertiary/aromatic N) is 3. The highest BCUT2D eigenvalue weighted by molar-refractivity contribution is 5.83. The van der Waals surface area contributed by atoms with Gasteiger partial charge in [0.1, 0.15) is 5.82 Å². The Bertz CT molecular complexity index is 981. The van der Waals surface area contributed by atoms with Gasteiger partial charge in [0.2, 0.25) is 0 Å². The summed E-state index contributed by atoms with van der Waals surface area (Å²) < 4.78 is 7.47. The number of hydrogen-bond donors (Lipinski definition) is 0. The lowest BCUT2D eigenvalue weighted by Crippen LogP contribution is -2.28. The van der Waals surface area contributed by atoms with Crippen LogP contribution in [0, 0.1) is 0 Å². The lowest BCUT2D eigenvalue weighted by atomic mass is 9.97. The smallest absolute Gasteiger partial charge is 0.261 e. The first-order chi connectivity index (χ1) is 12.1. The van der Waals surface area contributed by atoms with Crippen LogP contribution >= 0.6 is 0 Å². The lowest BCUT2D eigenvalue weighted by Gasteiger charge is -2.25. The van der Waals surface area contributed by atoms with E-state index >= 15 is 0 Å². The molecule has 0 bridgehead atoms. The van der Waals surface area contributed by atoms with Gasteiger partial charge in [0, 0.05) is 31.8 Å². The molecular formula is C20H21N3O2. The third-order valence-electron chi connectivity index (χ3n) is 5.23. The van der Waals surface area contributed by atoms with Gasteiger partial charge in [-0.15, -0.1) is 0 Å². The van der Waals surface area contributed by atoms with Crippen LogP contribution in [0.25, 0.3) is 22.2 Å². The van der Waals surface area contributed by atoms with Crippen LogP contribution in [0.2, 0.25) is 0 Å². The number of pyridine rings is 1. The van der Waals surface area contributed by atoms with Crippen molar-refractivity contribution in [2.24, 2.45) is 0 Å². The monoisotopic (exact) mass is 335 g/mol. The molecule has 3 aromatic rings. The molecule has 25 heavy (non-hydrogen) atoms. The fourth-order valence-electron chi connectivity index (χ4n) is 3.43. The summed E-state index contributed by atoms with van der Waals surface area (Å²) in [5, 5.41) is 0.657. The maximum absolute atomic E-state index is 12.9. The van der Waals surface area contributed by atoms with Crippen LogP contribution in [0.15, 0.2) is 47.4 Å². The standard InChI is InChI=1S/C20H21N3O2/c1-20(25-2)9-8-18-22-17-13-14(16-5-3-4-11-21-16)6-7-15(17)19(24)23(18)12-10-20/h3-7,11,13H,8-10,12H2,1-2H3. The molecule has 0 spiro atoms. The van der Waals surface area contributed by atoms with E-state index in [0.717, 1.165) is 41.9 Å². The first-order valence-electron chi connectivity index (χ1n) is 8.60. The lowest BCUT2D eigenvalue weighted by molar-refractivity contribution is -0.00757. The second kappa shape index (κ2) is 6.08. The molecule has 0 fully saturated rings. The second-order valence-corrected chi connectivity index (χ2v) is 6.84. The summed E-state index contributed by atoms with van der Waals surface area (Å²) in [6, 6.07) is 11.6. The molecule has 5 heteroatoms. The summed E-state index contributed by atoms with van der Waals surface area (Å²) in [6.45, 7) is 2.74. The first kappa shape index (κ1) is 16.0. The van der Waals surface area contributed by atoms with Crippen LogP contribution in [0.3, 0.4) is 0 Å². The molecular weight excluding hydrogens is 314 g/mol. The van der Waals surface area contributed by atoms with E-state index in [0.29, 0.717) is 11.9 Å². The number of aromatic nitrogens is 3. The van der Waals surface area contributed by atoms with Crippen LogP contribution in [-0.2, 0) is 17.7 Å². The number of hydrogen-bond acceptors (Lipinski definition) is 4. The zero-order valence-electron chi connectivity index (χ0n) is 14.5. The quantitative estimate of drug-likeness (QED) is 0.722. The van der Waals surface area contributed by atoms with Gasteiger partial charge in [-0.1, -0.05) is 12.1 Å². The van der Waals surface area contributed by atoms with Gasteiger partial charge in [-0.2, -0.15) is 0 Å². The molecule has 1 aliphatic rings. The van der Waals surface area contributed by atoms with Crippen molar-refractivity contribution >= 4 is 10.9 Å². The minimum absolute atomic E-state index is 0.0351. The molecule has 4 rings (SSSR count). The fraction of sp³-hybridized carbons (Fsp3) is 0.350. The Hall–Kier alpha value is -2.53. The average Bonchev–Trinajstić information content (AvgIpc) is 2.82. The van der Waals surface area contributed by atoms with Gasteiger partial charge in [-0.25, -0.2) is 4.98 Å². The molecule has 0 N–H and O–H groups in total. The maximum atomic E-state index is 12.9. The molecule has 128 valence electrons. The molecule has 0 aliphatic carbocycles. The van der Waals surface area contributed by atoms with Crippen molar-refractivity contribution in [1.82, 2.24) is 14.5 Å². The van der Waals surface area contributed by atoms with Gasteiger partial charge in [0.15, 0.2) is 0 Å². The van der Waals surface area contributed by atoms with E-state index in [1.807, 2.05) is 41.0 Å². The summed E-state index contributed by atoms with van der Waals surface area (Å²) in [4.78, 5) is 22.1. The minimum atomic E-state index is -0.203. The zero-order chi connectivity index (χ0) is 17.4. The largest absolute Gasteiger partial charge is 0.378 e. The summed E-state index contributed by atoms with van der Waals surface area (Å²) in [5.41, 5.74) is 2.42. The SMILES string of the molecule is COC1(C)CCc2nc3cc(-c4ccccn4)ccc3c(=O)n2CC1. The summed E-state index contributed by atoms with van der Waals surface area (Å²) >= 11 is 0. The van der Waals surface area contributed by atoms with Crippen molar-refractivity contribution < 1.29 is 4.74 Å². The van der Waals surface area contributed by atoms with Crippen molar-refractivity contribution in [2.45, 2.75) is 38.3 Å². The average molecular weight is 335 g/mol. The van der Waals surface area contributed by atoms with Gasteiger partial charge in [0.25, 0.3) is 5.56 Å². The van der Waals surface area contributed by atoms with E-state index in [4.69, 9.17) is 9.72 Å². The van der Waals surface area contributed by atoms with E-state index in [-0.39, 0.29) is 11.2 Å². The summed E-state index contributed by atoms with van der Waals surface area (Å²) in [5.74, 6) is 0.844. The predicted molar refractivity (Wildman–Crippen MR) is 97.6 cm³/mol. The second-order valence-electron chi connectivity index (χ2n) is 6.84. The van der Waals surface area contributed by atoms with Crippen LogP contribution in [0.5, 0.6) is 0 Å². The number of rotatable bonds is 2. The van der Waals surface area contributed by atoms with Crippen molar-refractivity contribution in [1.29, 1.82) is 0 Å². The Balaban J connectivity index is 1.83. The van der Waals surface area contributed by atoms with Crippen LogP contribution < -0.4 is 5.56 Å². The van der Waals surface area contributed by atoms with Crippen molar-refractivity contribution in [3.05, 3.63) is 58.8 Å². The molecule has 0 saturated carbocycles. The fourth-order valence-corrected chi connectivity index (χ4v) is 3.43. The molecule has 2 aromatic heterocycles. The Morgan fingerprint density at radius 3 is 2.84 bits per heavy atom. The third kappa shape index (κ3) is 2.85. The van der Waals surface area contributed by atoms with E-state index in [1.165, 1.54) is 0 Å².